The smallest absolute Gasteiger partial charge is 0.242 e. The van der Waals surface area contributed by atoms with Crippen molar-refractivity contribution in [1.29, 1.82) is 0 Å². The Hall–Kier alpha value is -3.75. The lowest BCUT2D eigenvalue weighted by Crippen LogP contribution is -2.38. The first-order valence-corrected chi connectivity index (χ1v) is 10.2. The highest BCUT2D eigenvalue weighted by molar-refractivity contribution is 5.93. The van der Waals surface area contributed by atoms with Gasteiger partial charge in [-0.3, -0.25) is 4.79 Å². The van der Waals surface area contributed by atoms with Gasteiger partial charge in [0.2, 0.25) is 11.9 Å². The minimum Gasteiger partial charge on any atom is -0.494 e. The summed E-state index contributed by atoms with van der Waals surface area (Å²) in [7, 11) is 1.42. The van der Waals surface area contributed by atoms with Crippen LogP contribution < -0.4 is 15.4 Å². The second kappa shape index (κ2) is 7.82. The minimum atomic E-state index is -0.490. The van der Waals surface area contributed by atoms with E-state index in [-0.39, 0.29) is 11.7 Å². The normalized spacial score (nSPS) is 16.8. The zero-order valence-electron chi connectivity index (χ0n) is 16.9. The van der Waals surface area contributed by atoms with E-state index in [9.17, 15) is 9.18 Å². The first-order valence-electron chi connectivity index (χ1n) is 10.2. The van der Waals surface area contributed by atoms with Crippen molar-refractivity contribution in [3.8, 4) is 17.1 Å². The molecule has 158 valence electrons. The van der Waals surface area contributed by atoms with E-state index in [2.05, 4.69) is 25.7 Å². The number of hydrogen-bond donors (Lipinski definition) is 2. The van der Waals surface area contributed by atoms with Gasteiger partial charge in [-0.25, -0.2) is 14.4 Å². The lowest BCUT2D eigenvalue weighted by molar-refractivity contribution is -0.121. The van der Waals surface area contributed by atoms with Crippen LogP contribution in [0.15, 0.2) is 42.5 Å². The molecule has 0 spiro atoms. The van der Waals surface area contributed by atoms with Crippen LogP contribution in [0.1, 0.15) is 19.3 Å². The zero-order chi connectivity index (χ0) is 21.4. The summed E-state index contributed by atoms with van der Waals surface area (Å²) in [6, 6.07) is 11.8. The Labute approximate surface area is 177 Å². The molecule has 1 aliphatic rings. The van der Waals surface area contributed by atoms with Gasteiger partial charge in [0.15, 0.2) is 23.0 Å². The number of amides is 1. The fourth-order valence-corrected chi connectivity index (χ4v) is 3.81. The molecule has 8 nitrogen and oxygen atoms in total. The molecule has 1 saturated heterocycles. The van der Waals surface area contributed by atoms with E-state index in [4.69, 9.17) is 4.74 Å². The van der Waals surface area contributed by atoms with Gasteiger partial charge in [0.25, 0.3) is 0 Å². The summed E-state index contributed by atoms with van der Waals surface area (Å²) in [6.07, 6.45) is 2.58. The lowest BCUT2D eigenvalue weighted by Gasteiger charge is -2.16. The maximum atomic E-state index is 14.3. The van der Waals surface area contributed by atoms with E-state index >= 15 is 0 Å². The van der Waals surface area contributed by atoms with Crippen LogP contribution in [-0.4, -0.2) is 45.2 Å². The average molecular weight is 420 g/mol. The van der Waals surface area contributed by atoms with Crippen molar-refractivity contribution < 1.29 is 13.9 Å². The predicted molar refractivity (Wildman–Crippen MR) is 115 cm³/mol. The molecule has 4 aromatic rings. The quantitative estimate of drug-likeness (QED) is 0.527. The highest BCUT2D eigenvalue weighted by atomic mass is 19.1. The molecule has 0 saturated carbocycles. The van der Waals surface area contributed by atoms with Crippen molar-refractivity contribution in [2.24, 2.45) is 0 Å². The Morgan fingerprint density at radius 1 is 1.19 bits per heavy atom. The number of benzene rings is 2. The third kappa shape index (κ3) is 3.52. The van der Waals surface area contributed by atoms with Crippen molar-refractivity contribution in [2.45, 2.75) is 25.3 Å². The number of aromatic nitrogens is 4. The van der Waals surface area contributed by atoms with Gasteiger partial charge in [-0.05, 0) is 49.6 Å². The molecule has 1 fully saturated rings. The van der Waals surface area contributed by atoms with Gasteiger partial charge in [-0.15, -0.1) is 5.10 Å². The fourth-order valence-electron chi connectivity index (χ4n) is 3.81. The van der Waals surface area contributed by atoms with Gasteiger partial charge in [0, 0.05) is 17.5 Å². The molecule has 1 amide bonds. The molecule has 1 aliphatic heterocycles. The van der Waals surface area contributed by atoms with Gasteiger partial charge < -0.3 is 15.4 Å². The highest BCUT2D eigenvalue weighted by Crippen LogP contribution is 2.27. The molecule has 3 heterocycles. The molecule has 0 unspecified atom stereocenters. The Morgan fingerprint density at radius 3 is 2.90 bits per heavy atom. The molecule has 2 aromatic carbocycles. The number of ether oxygens (including phenoxy) is 1. The summed E-state index contributed by atoms with van der Waals surface area (Å²) in [5.41, 5.74) is 1.82. The van der Waals surface area contributed by atoms with E-state index in [1.807, 2.05) is 24.3 Å². The maximum Gasteiger partial charge on any atom is 0.242 e. The van der Waals surface area contributed by atoms with Crippen LogP contribution in [0, 0.1) is 5.82 Å². The number of carbonyl (C=O) groups excluding carboxylic acids is 1. The highest BCUT2D eigenvalue weighted by Gasteiger charge is 2.23. The molecule has 5 rings (SSSR count). The van der Waals surface area contributed by atoms with Gasteiger partial charge in [0.05, 0.1) is 12.6 Å². The summed E-state index contributed by atoms with van der Waals surface area (Å²) in [4.78, 5) is 21.8. The number of fused-ring (bicyclic) bond motifs is 3. The summed E-state index contributed by atoms with van der Waals surface area (Å²) in [5.74, 6) is 0.381. The van der Waals surface area contributed by atoms with Crippen molar-refractivity contribution in [3.63, 3.8) is 0 Å². The van der Waals surface area contributed by atoms with E-state index < -0.39 is 11.9 Å². The van der Waals surface area contributed by atoms with E-state index in [0.29, 0.717) is 35.9 Å². The first-order chi connectivity index (χ1) is 15.1. The van der Waals surface area contributed by atoms with E-state index in [0.717, 1.165) is 23.7 Å². The van der Waals surface area contributed by atoms with Crippen molar-refractivity contribution >= 4 is 28.4 Å². The molecular weight excluding hydrogens is 399 g/mol. The molecule has 31 heavy (non-hydrogen) atoms. The number of nitrogens with zero attached hydrogens (tertiary/aromatic N) is 4. The molecule has 0 radical (unpaired) electrons. The largest absolute Gasteiger partial charge is 0.494 e. The fraction of sp³-hybridized carbons (Fsp3) is 0.273. The number of para-hydroxylation sites is 1. The summed E-state index contributed by atoms with van der Waals surface area (Å²) < 4.78 is 20.8. The molecule has 9 heteroatoms. The second-order valence-electron chi connectivity index (χ2n) is 7.46. The average Bonchev–Trinajstić information content (AvgIpc) is 3.14. The summed E-state index contributed by atoms with van der Waals surface area (Å²) in [5, 5.41) is 11.6. The topological polar surface area (TPSA) is 93.4 Å². The number of nitrogens with one attached hydrogen (secondary N) is 2. The molecule has 0 bridgehead atoms. The SMILES string of the molecule is COc1ccc(-c2nc3c4ccccc4nc(N[C@@H]4CCCCNC4=O)n3n2)cc1F. The number of carbonyl (C=O) groups is 1. The van der Waals surface area contributed by atoms with Gasteiger partial charge in [0.1, 0.15) is 6.04 Å². The number of halogens is 1. The second-order valence-corrected chi connectivity index (χ2v) is 7.46. The third-order valence-electron chi connectivity index (χ3n) is 5.43. The number of methoxy groups -OCH3 is 1. The van der Waals surface area contributed by atoms with Gasteiger partial charge >= 0.3 is 0 Å². The van der Waals surface area contributed by atoms with Crippen LogP contribution in [0.4, 0.5) is 10.3 Å². The molecule has 1 atom stereocenters. The number of rotatable bonds is 4. The van der Waals surface area contributed by atoms with Crippen molar-refractivity contribution in [2.75, 3.05) is 19.0 Å². The Kier molecular flexibility index (Phi) is 4.85. The van der Waals surface area contributed by atoms with Crippen LogP contribution in [0.2, 0.25) is 0 Å². The standard InChI is InChI=1S/C22H21FN6O2/c1-31-18-10-9-13(12-15(18)23)19-27-20-14-6-2-3-7-16(14)25-22(29(20)28-19)26-17-8-4-5-11-24-21(17)30/h2-3,6-7,9-10,12,17H,4-5,8,11H2,1H3,(H,24,30)(H,25,26)/t17-/m1/s1. The van der Waals surface area contributed by atoms with Crippen LogP contribution in [0.25, 0.3) is 27.9 Å². The molecule has 2 N–H and O–H groups in total. The number of anilines is 1. The van der Waals surface area contributed by atoms with Gasteiger partial charge in [-0.2, -0.15) is 4.52 Å². The molecular formula is C22H21FN6O2. The Balaban J connectivity index is 1.64. The van der Waals surface area contributed by atoms with E-state index in [1.54, 1.807) is 16.6 Å². The Morgan fingerprint density at radius 2 is 2.06 bits per heavy atom. The van der Waals surface area contributed by atoms with Gasteiger partial charge in [-0.1, -0.05) is 12.1 Å². The zero-order valence-corrected chi connectivity index (χ0v) is 16.9. The summed E-state index contributed by atoms with van der Waals surface area (Å²) in [6.45, 7) is 0.675. The Bertz CT molecular complexity index is 1290. The molecule has 2 aromatic heterocycles. The van der Waals surface area contributed by atoms with Crippen molar-refractivity contribution in [3.05, 3.63) is 48.3 Å². The van der Waals surface area contributed by atoms with Crippen molar-refractivity contribution in [1.82, 2.24) is 24.9 Å². The first kappa shape index (κ1) is 19.2. The van der Waals surface area contributed by atoms with Crippen LogP contribution >= 0.6 is 0 Å². The van der Waals surface area contributed by atoms with Crippen LogP contribution in [-0.2, 0) is 4.79 Å². The van der Waals surface area contributed by atoms with E-state index in [1.165, 1.54) is 13.2 Å². The third-order valence-corrected chi connectivity index (χ3v) is 5.43. The molecule has 0 aliphatic carbocycles. The van der Waals surface area contributed by atoms with Crippen LogP contribution in [0.5, 0.6) is 5.75 Å². The maximum absolute atomic E-state index is 14.3. The minimum absolute atomic E-state index is 0.0572. The summed E-state index contributed by atoms with van der Waals surface area (Å²) >= 11 is 0. The number of hydrogen-bond acceptors (Lipinski definition) is 6. The lowest BCUT2D eigenvalue weighted by atomic mass is 10.1. The predicted octanol–water partition coefficient (Wildman–Crippen LogP) is 3.17. The van der Waals surface area contributed by atoms with Crippen LogP contribution in [0.3, 0.4) is 0 Å². The monoisotopic (exact) mass is 420 g/mol.